The van der Waals surface area contributed by atoms with Crippen LogP contribution in [0.1, 0.15) is 51.0 Å². The summed E-state index contributed by atoms with van der Waals surface area (Å²) < 4.78 is 1.61. The quantitative estimate of drug-likeness (QED) is 0.676. The van der Waals surface area contributed by atoms with E-state index in [2.05, 4.69) is 6.92 Å². The number of halogens is 2. The van der Waals surface area contributed by atoms with E-state index in [-0.39, 0.29) is 5.56 Å². The van der Waals surface area contributed by atoms with E-state index in [4.69, 9.17) is 23.4 Å². The van der Waals surface area contributed by atoms with Crippen molar-refractivity contribution in [1.82, 2.24) is 3.48 Å². The molecule has 0 radical (unpaired) electrons. The van der Waals surface area contributed by atoms with Gasteiger partial charge in [-0.15, -0.1) is 0 Å². The highest BCUT2D eigenvalue weighted by Gasteiger charge is 2.11. The molecule has 0 amide bonds. The fourth-order valence-electron chi connectivity index (χ4n) is 1.64. The maximum absolute atomic E-state index is 11.5. The van der Waals surface area contributed by atoms with E-state index in [1.54, 1.807) is 0 Å². The molecule has 0 aliphatic carbocycles. The van der Waals surface area contributed by atoms with Crippen molar-refractivity contribution in [3.63, 3.8) is 0 Å². The molecule has 0 bridgehead atoms. The van der Waals surface area contributed by atoms with Crippen molar-refractivity contribution in [2.45, 2.75) is 51.9 Å². The first kappa shape index (κ1) is 14.1. The van der Waals surface area contributed by atoms with Crippen molar-refractivity contribution in [2.24, 2.45) is 0 Å². The number of unbranched alkanes of at least 4 members (excludes halogenated alkanes) is 5. The summed E-state index contributed by atoms with van der Waals surface area (Å²) in [4.78, 5) is 11.5. The van der Waals surface area contributed by atoms with Gasteiger partial charge in [0.2, 0.25) is 0 Å². The molecule has 0 aliphatic heterocycles. The van der Waals surface area contributed by atoms with Gasteiger partial charge in [-0.05, 0) is 24.4 Å². The van der Waals surface area contributed by atoms with Crippen molar-refractivity contribution in [2.75, 3.05) is 0 Å². The van der Waals surface area contributed by atoms with Crippen LogP contribution in [-0.4, -0.2) is 3.48 Å². The van der Waals surface area contributed by atoms with Crippen LogP contribution < -0.4 is 5.56 Å². The summed E-state index contributed by atoms with van der Waals surface area (Å²) in [5.74, 6) is 0. The van der Waals surface area contributed by atoms with Crippen LogP contribution >= 0.6 is 34.9 Å². The minimum Gasteiger partial charge on any atom is -0.267 e. The summed E-state index contributed by atoms with van der Waals surface area (Å²) in [6, 6.07) is 0. The van der Waals surface area contributed by atoms with Crippen molar-refractivity contribution in [3.8, 4) is 0 Å². The lowest BCUT2D eigenvalue weighted by Crippen LogP contribution is -2.10. The molecule has 2 nitrogen and oxygen atoms in total. The smallest absolute Gasteiger partial charge is 0.267 e. The lowest BCUT2D eigenvalue weighted by Gasteiger charge is -1.99. The second-order valence-electron chi connectivity index (χ2n) is 3.91. The third kappa shape index (κ3) is 4.11. The normalized spacial score (nSPS) is 10.9. The number of hydrogen-bond acceptors (Lipinski definition) is 2. The summed E-state index contributed by atoms with van der Waals surface area (Å²) in [6.45, 7) is 2.20. The lowest BCUT2D eigenvalue weighted by molar-refractivity contribution is 0.607. The second kappa shape index (κ2) is 7.36. The van der Waals surface area contributed by atoms with E-state index < -0.39 is 0 Å². The second-order valence-corrected chi connectivity index (χ2v) is 6.01. The predicted molar refractivity (Wildman–Crippen MR) is 71.9 cm³/mol. The minimum absolute atomic E-state index is 0.148. The zero-order valence-corrected chi connectivity index (χ0v) is 11.8. The van der Waals surface area contributed by atoms with Gasteiger partial charge in [0.1, 0.15) is 4.34 Å². The molecule has 0 N–H and O–H groups in total. The SMILES string of the molecule is CCCCCCCCc1c(Cl)sn(Cl)c1=O. The zero-order chi connectivity index (χ0) is 12.0. The molecule has 1 heterocycles. The standard InChI is InChI=1S/C11H17Cl2NOS/c1-2-3-4-5-6-7-8-9-10(12)16-14(13)11(9)15/h2-8H2,1H3. The van der Waals surface area contributed by atoms with Gasteiger partial charge in [0.25, 0.3) is 5.56 Å². The molecule has 0 fully saturated rings. The fraction of sp³-hybridized carbons (Fsp3) is 0.727. The van der Waals surface area contributed by atoms with Crippen molar-refractivity contribution in [1.29, 1.82) is 0 Å². The van der Waals surface area contributed by atoms with Crippen LogP contribution in [0.5, 0.6) is 0 Å². The van der Waals surface area contributed by atoms with Crippen molar-refractivity contribution >= 4 is 34.9 Å². The Morgan fingerprint density at radius 2 is 1.81 bits per heavy atom. The van der Waals surface area contributed by atoms with E-state index in [1.165, 1.54) is 25.7 Å². The van der Waals surface area contributed by atoms with E-state index in [9.17, 15) is 4.79 Å². The van der Waals surface area contributed by atoms with E-state index in [1.807, 2.05) is 0 Å². The van der Waals surface area contributed by atoms with Crippen LogP contribution in [0.4, 0.5) is 0 Å². The largest absolute Gasteiger partial charge is 0.280 e. The van der Waals surface area contributed by atoms with Gasteiger partial charge >= 0.3 is 0 Å². The van der Waals surface area contributed by atoms with Crippen molar-refractivity contribution in [3.05, 3.63) is 20.3 Å². The van der Waals surface area contributed by atoms with Gasteiger partial charge in [-0.1, -0.05) is 50.6 Å². The first-order chi connectivity index (χ1) is 7.66. The van der Waals surface area contributed by atoms with Crippen molar-refractivity contribution < 1.29 is 0 Å². The number of aromatic nitrogens is 1. The molecule has 0 aliphatic rings. The highest BCUT2D eigenvalue weighted by Crippen LogP contribution is 2.21. The van der Waals surface area contributed by atoms with Crippen LogP contribution in [0.15, 0.2) is 4.79 Å². The number of rotatable bonds is 7. The molecule has 0 spiro atoms. The van der Waals surface area contributed by atoms with Gasteiger partial charge in [-0.3, -0.25) is 4.79 Å². The molecule has 16 heavy (non-hydrogen) atoms. The zero-order valence-electron chi connectivity index (χ0n) is 9.47. The maximum Gasteiger partial charge on any atom is 0.280 e. The Bertz CT molecular complexity index is 373. The molecule has 0 aromatic carbocycles. The van der Waals surface area contributed by atoms with Gasteiger partial charge in [0, 0.05) is 17.3 Å². The van der Waals surface area contributed by atoms with E-state index >= 15 is 0 Å². The number of hydrogen-bond donors (Lipinski definition) is 0. The summed E-state index contributed by atoms with van der Waals surface area (Å²) in [5.41, 5.74) is 0.530. The molecule has 0 saturated carbocycles. The third-order valence-electron chi connectivity index (χ3n) is 2.60. The molecule has 5 heteroatoms. The van der Waals surface area contributed by atoms with Crippen LogP contribution in [0.2, 0.25) is 4.34 Å². The van der Waals surface area contributed by atoms with E-state index in [0.717, 1.165) is 34.3 Å². The Labute approximate surface area is 110 Å². The van der Waals surface area contributed by atoms with Crippen LogP contribution in [0.25, 0.3) is 0 Å². The van der Waals surface area contributed by atoms with Crippen LogP contribution in [-0.2, 0) is 6.42 Å². The summed E-state index contributed by atoms with van der Waals surface area (Å²) in [7, 11) is 0. The monoisotopic (exact) mass is 281 g/mol. The molecule has 1 aromatic rings. The molecule has 1 rings (SSSR count). The molecule has 0 unspecified atom stereocenters. The van der Waals surface area contributed by atoms with Gasteiger partial charge in [-0.2, -0.15) is 3.48 Å². The Balaban J connectivity index is 2.29. The van der Waals surface area contributed by atoms with Gasteiger partial charge in [0.15, 0.2) is 0 Å². The predicted octanol–water partition coefficient (Wildman–Crippen LogP) is 4.47. The average Bonchev–Trinajstić information content (AvgIpc) is 2.49. The molecule has 0 saturated heterocycles. The fourth-order valence-corrected chi connectivity index (χ4v) is 3.08. The first-order valence-corrected chi connectivity index (χ1v) is 7.22. The van der Waals surface area contributed by atoms with Crippen LogP contribution in [0, 0.1) is 0 Å². The molecule has 1 aromatic heterocycles. The first-order valence-electron chi connectivity index (χ1n) is 5.73. The molecular formula is C11H17Cl2NOS. The lowest BCUT2D eigenvalue weighted by atomic mass is 10.1. The van der Waals surface area contributed by atoms with Gasteiger partial charge < -0.3 is 0 Å². The summed E-state index contributed by atoms with van der Waals surface area (Å²) in [5, 5.41) is 0. The highest BCUT2D eigenvalue weighted by atomic mass is 35.5. The Morgan fingerprint density at radius 1 is 1.19 bits per heavy atom. The molecule has 92 valence electrons. The Kier molecular flexibility index (Phi) is 6.47. The highest BCUT2D eigenvalue weighted by molar-refractivity contribution is 7.13. The molecular weight excluding hydrogens is 265 g/mol. The average molecular weight is 282 g/mol. The van der Waals surface area contributed by atoms with E-state index in [0.29, 0.717) is 9.90 Å². The maximum atomic E-state index is 11.5. The topological polar surface area (TPSA) is 22.0 Å². The Hall–Kier alpha value is 0.01000. The molecule has 0 atom stereocenters. The summed E-state index contributed by atoms with van der Waals surface area (Å²) >= 11 is 12.7. The number of nitrogens with zero attached hydrogens (tertiary/aromatic N) is 1. The van der Waals surface area contributed by atoms with Gasteiger partial charge in [-0.25, -0.2) is 0 Å². The third-order valence-corrected chi connectivity index (χ3v) is 4.12. The summed E-state index contributed by atoms with van der Waals surface area (Å²) in [6.07, 6.45) is 8.01. The Morgan fingerprint density at radius 3 is 2.38 bits per heavy atom. The van der Waals surface area contributed by atoms with Crippen LogP contribution in [0.3, 0.4) is 0 Å². The minimum atomic E-state index is -0.148. The van der Waals surface area contributed by atoms with Gasteiger partial charge in [0.05, 0.1) is 0 Å².